The predicted octanol–water partition coefficient (Wildman–Crippen LogP) is 8.86. The van der Waals surface area contributed by atoms with Crippen molar-refractivity contribution < 1.29 is 29.9 Å². The Morgan fingerprint density at radius 2 is 0.560 bits per heavy atom. The summed E-state index contributed by atoms with van der Waals surface area (Å²) < 4.78 is 12.1. The average molecular weight is 669 g/mol. The average Bonchev–Trinajstić information content (AvgIpc) is 3.13. The molecule has 0 amide bonds. The molecule has 0 saturated carbocycles. The van der Waals surface area contributed by atoms with Crippen LogP contribution in [0, 0.1) is 0 Å². The molecule has 0 fully saturated rings. The highest BCUT2D eigenvalue weighted by atomic mass is 16.5. The Kier molecular flexibility index (Phi) is 9.06. The van der Waals surface area contributed by atoms with Crippen molar-refractivity contribution in [3.63, 3.8) is 0 Å². The summed E-state index contributed by atoms with van der Waals surface area (Å²) in [6.07, 6.45) is 0. The smallest absolute Gasteiger partial charge is 0.169 e. The van der Waals surface area contributed by atoms with Crippen LogP contribution in [-0.4, -0.2) is 20.4 Å². The third kappa shape index (κ3) is 6.81. The third-order valence-corrected chi connectivity index (χ3v) is 8.50. The molecule has 0 saturated heterocycles. The van der Waals surface area contributed by atoms with Gasteiger partial charge < -0.3 is 51.2 Å². The van der Waals surface area contributed by atoms with Crippen LogP contribution in [0.2, 0.25) is 0 Å². The van der Waals surface area contributed by atoms with Crippen molar-refractivity contribution in [2.24, 2.45) is 0 Å². The van der Waals surface area contributed by atoms with E-state index in [2.05, 4.69) is 21.3 Å². The molecular weight excluding hydrogens is 632 g/mol. The summed E-state index contributed by atoms with van der Waals surface area (Å²) in [5.41, 5.74) is 5.49. The molecule has 8 N–H and O–H groups in total. The van der Waals surface area contributed by atoms with Gasteiger partial charge in [0.1, 0.15) is 0 Å². The SMILES string of the molecule is Oc1c2cccc1Oc1cccc(c1O)CNc1ccccc1NCc1cccc(c1O)Oc1cccc(c1O)CNc1ccccc1NC2. The molecule has 7 rings (SSSR count). The molecule has 0 aromatic heterocycles. The highest BCUT2D eigenvalue weighted by Gasteiger charge is 2.17. The van der Waals surface area contributed by atoms with Crippen molar-refractivity contribution in [3.05, 3.63) is 144 Å². The van der Waals surface area contributed by atoms with Crippen LogP contribution in [0.15, 0.2) is 121 Å². The first-order valence-corrected chi connectivity index (χ1v) is 16.2. The molecule has 252 valence electrons. The number of fused-ring (bicyclic) bond motifs is 10. The quantitative estimate of drug-likeness (QED) is 0.0789. The molecule has 0 spiro atoms. The van der Waals surface area contributed by atoms with E-state index in [1.165, 1.54) is 0 Å². The van der Waals surface area contributed by atoms with E-state index < -0.39 is 0 Å². The molecule has 1 aliphatic heterocycles. The van der Waals surface area contributed by atoms with Crippen LogP contribution in [0.1, 0.15) is 22.3 Å². The van der Waals surface area contributed by atoms with Crippen LogP contribution in [0.4, 0.5) is 22.7 Å². The summed E-state index contributed by atoms with van der Waals surface area (Å²) in [5, 5.41) is 58.2. The second-order valence-corrected chi connectivity index (χ2v) is 11.8. The van der Waals surface area contributed by atoms with E-state index in [-0.39, 0.29) is 72.2 Å². The standard InChI is InChI=1S/C40H36N4O6/c45-37-25-9-5-17-33(37)49-35-19-7-11-27(39(35)47)23-43-31-15-3-4-16-32(31)44-24-28-12-8-20-36(40(28)48)50-34-18-6-10-26(38(34)46)22-42-30-14-2-1-13-29(30)41-21-25/h1-20,41-48H,21-24H2. The maximum absolute atomic E-state index is 11.2. The zero-order chi connectivity index (χ0) is 34.5. The molecule has 1 heterocycles. The molecule has 10 heteroatoms. The topological polar surface area (TPSA) is 148 Å². The molecule has 6 aromatic rings. The van der Waals surface area contributed by atoms with Gasteiger partial charge in [0.05, 0.1) is 22.7 Å². The molecule has 50 heavy (non-hydrogen) atoms. The van der Waals surface area contributed by atoms with Gasteiger partial charge in [0, 0.05) is 48.4 Å². The lowest BCUT2D eigenvalue weighted by Gasteiger charge is -2.18. The number of para-hydroxylation sites is 8. The van der Waals surface area contributed by atoms with Crippen LogP contribution >= 0.6 is 0 Å². The van der Waals surface area contributed by atoms with Crippen LogP contribution in [0.25, 0.3) is 0 Å². The number of hydrogen-bond donors (Lipinski definition) is 8. The highest BCUT2D eigenvalue weighted by molar-refractivity contribution is 5.70. The molecule has 0 atom stereocenters. The first-order valence-electron chi connectivity index (χ1n) is 16.2. The minimum absolute atomic E-state index is 0.0487. The number of anilines is 4. The maximum Gasteiger partial charge on any atom is 0.169 e. The van der Waals surface area contributed by atoms with E-state index >= 15 is 0 Å². The van der Waals surface area contributed by atoms with E-state index in [0.29, 0.717) is 22.3 Å². The zero-order valence-electron chi connectivity index (χ0n) is 27.0. The van der Waals surface area contributed by atoms with Crippen LogP contribution in [0.5, 0.6) is 46.0 Å². The van der Waals surface area contributed by atoms with Gasteiger partial charge in [0.15, 0.2) is 46.0 Å². The number of phenols is 4. The summed E-state index contributed by atoms with van der Waals surface area (Å²) in [6, 6.07) is 36.1. The molecule has 0 radical (unpaired) electrons. The fraction of sp³-hybridized carbons (Fsp3) is 0.100. The second kappa shape index (κ2) is 14.2. The van der Waals surface area contributed by atoms with Crippen LogP contribution in [-0.2, 0) is 26.2 Å². The van der Waals surface area contributed by atoms with Crippen molar-refractivity contribution in [2.75, 3.05) is 21.3 Å². The van der Waals surface area contributed by atoms with E-state index in [1.807, 2.05) is 48.5 Å². The Morgan fingerprint density at radius 1 is 0.320 bits per heavy atom. The summed E-state index contributed by atoms with van der Waals surface area (Å²) in [6.45, 7) is 1.12. The lowest BCUT2D eigenvalue weighted by Crippen LogP contribution is -2.07. The maximum atomic E-state index is 11.2. The van der Waals surface area contributed by atoms with Gasteiger partial charge in [-0.05, 0) is 48.5 Å². The van der Waals surface area contributed by atoms with Crippen molar-refractivity contribution in [3.8, 4) is 46.0 Å². The number of phenolic OH excluding ortho intramolecular Hbond substituents is 4. The number of ether oxygens (including phenoxy) is 2. The van der Waals surface area contributed by atoms with E-state index in [9.17, 15) is 20.4 Å². The molecule has 0 unspecified atom stereocenters. The molecule has 0 aliphatic carbocycles. The normalized spacial score (nSPS) is 13.0. The van der Waals surface area contributed by atoms with Gasteiger partial charge in [-0.3, -0.25) is 0 Å². The Hall–Kier alpha value is -6.68. The summed E-state index contributed by atoms with van der Waals surface area (Å²) >= 11 is 0. The van der Waals surface area contributed by atoms with Crippen molar-refractivity contribution in [1.29, 1.82) is 0 Å². The Labute approximate surface area is 289 Å². The summed E-state index contributed by atoms with van der Waals surface area (Å²) in [4.78, 5) is 0. The predicted molar refractivity (Wildman–Crippen MR) is 195 cm³/mol. The fourth-order valence-electron chi connectivity index (χ4n) is 5.75. The van der Waals surface area contributed by atoms with Crippen LogP contribution < -0.4 is 30.7 Å². The Bertz CT molecular complexity index is 1850. The van der Waals surface area contributed by atoms with E-state index in [4.69, 9.17) is 9.47 Å². The molecule has 1 aliphatic rings. The number of hydrogen-bond acceptors (Lipinski definition) is 10. The minimum Gasteiger partial charge on any atom is -0.504 e. The molecule has 10 nitrogen and oxygen atoms in total. The lowest BCUT2D eigenvalue weighted by molar-refractivity contribution is 0.381. The van der Waals surface area contributed by atoms with E-state index in [0.717, 1.165) is 22.7 Å². The van der Waals surface area contributed by atoms with Gasteiger partial charge in [-0.25, -0.2) is 0 Å². The largest absolute Gasteiger partial charge is 0.504 e. The van der Waals surface area contributed by atoms with E-state index in [1.54, 1.807) is 72.8 Å². The number of aromatic hydroxyl groups is 4. The van der Waals surface area contributed by atoms with Gasteiger partial charge in [0.2, 0.25) is 0 Å². The number of rotatable bonds is 0. The zero-order valence-corrected chi connectivity index (χ0v) is 27.0. The van der Waals surface area contributed by atoms with Crippen molar-refractivity contribution >= 4 is 22.7 Å². The first kappa shape index (κ1) is 31.9. The summed E-state index contributed by atoms with van der Waals surface area (Å²) in [7, 11) is 0. The lowest BCUT2D eigenvalue weighted by atomic mass is 10.1. The highest BCUT2D eigenvalue weighted by Crippen LogP contribution is 2.41. The van der Waals surface area contributed by atoms with Gasteiger partial charge >= 0.3 is 0 Å². The Balaban J connectivity index is 1.24. The monoisotopic (exact) mass is 668 g/mol. The summed E-state index contributed by atoms with van der Waals surface area (Å²) in [5.74, 6) is 0.628. The van der Waals surface area contributed by atoms with Gasteiger partial charge in [-0.15, -0.1) is 0 Å². The second-order valence-electron chi connectivity index (χ2n) is 11.8. The first-order chi connectivity index (χ1) is 24.4. The third-order valence-electron chi connectivity index (χ3n) is 8.50. The van der Waals surface area contributed by atoms with Gasteiger partial charge in [-0.2, -0.15) is 0 Å². The van der Waals surface area contributed by atoms with Crippen LogP contribution in [0.3, 0.4) is 0 Å². The number of benzene rings is 6. The Morgan fingerprint density at radius 3 is 0.800 bits per heavy atom. The van der Waals surface area contributed by atoms with Gasteiger partial charge in [0.25, 0.3) is 0 Å². The molecule has 8 bridgehead atoms. The van der Waals surface area contributed by atoms with Crippen molar-refractivity contribution in [2.45, 2.75) is 26.2 Å². The minimum atomic E-state index is -0.0487. The molecular formula is C40H36N4O6. The fourth-order valence-corrected chi connectivity index (χ4v) is 5.75. The number of nitrogens with one attached hydrogen (secondary N) is 4. The van der Waals surface area contributed by atoms with Crippen molar-refractivity contribution in [1.82, 2.24) is 0 Å². The van der Waals surface area contributed by atoms with Gasteiger partial charge in [-0.1, -0.05) is 72.8 Å². The molecule has 6 aromatic carbocycles.